The maximum Gasteiger partial charge on any atom is 0.586 e. The zero-order valence-corrected chi connectivity index (χ0v) is 19.1. The Morgan fingerprint density at radius 2 is 1.88 bits per heavy atom. The Morgan fingerprint density at radius 1 is 1.15 bits per heavy atom. The molecule has 0 bridgehead atoms. The van der Waals surface area contributed by atoms with E-state index in [-0.39, 0.29) is 34.9 Å². The molecule has 7 nitrogen and oxygen atoms in total. The van der Waals surface area contributed by atoms with Gasteiger partial charge in [0.2, 0.25) is 0 Å². The van der Waals surface area contributed by atoms with Gasteiger partial charge in [0.1, 0.15) is 0 Å². The Morgan fingerprint density at radius 3 is 2.59 bits per heavy atom. The van der Waals surface area contributed by atoms with E-state index >= 15 is 0 Å². The second kappa shape index (κ2) is 9.70. The number of fused-ring (bicyclic) bond motifs is 1. The topological polar surface area (TPSA) is 71.1 Å². The summed E-state index contributed by atoms with van der Waals surface area (Å²) >= 11 is 0. The first kappa shape index (κ1) is 23.5. The molecule has 9 heteroatoms. The van der Waals surface area contributed by atoms with Crippen LogP contribution in [0.5, 0.6) is 11.5 Å². The molecule has 2 aliphatic heterocycles. The predicted molar refractivity (Wildman–Crippen MR) is 122 cm³/mol. The Kier molecular flexibility index (Phi) is 6.72. The molecule has 2 aliphatic rings. The van der Waals surface area contributed by atoms with Crippen molar-refractivity contribution in [2.45, 2.75) is 31.6 Å². The zero-order chi connectivity index (χ0) is 24.3. The third-order valence-electron chi connectivity index (χ3n) is 6.04. The van der Waals surface area contributed by atoms with E-state index in [9.17, 15) is 18.4 Å². The molecule has 180 valence electrons. The number of amides is 2. The number of nitrogens with one attached hydrogen (secondary N) is 1. The van der Waals surface area contributed by atoms with E-state index in [1.165, 1.54) is 18.2 Å². The van der Waals surface area contributed by atoms with Crippen LogP contribution in [-0.2, 0) is 11.2 Å². The number of rotatable bonds is 8. The van der Waals surface area contributed by atoms with Gasteiger partial charge in [0, 0.05) is 38.8 Å². The molecule has 1 atom stereocenters. The van der Waals surface area contributed by atoms with Gasteiger partial charge < -0.3 is 24.6 Å². The van der Waals surface area contributed by atoms with Gasteiger partial charge in [-0.1, -0.05) is 36.4 Å². The average Bonchev–Trinajstić information content (AvgIpc) is 3.38. The molecule has 1 N–H and O–H groups in total. The Bertz CT molecular complexity index is 1090. The minimum atomic E-state index is -3.74. The molecular formula is C25H27F2N3O4. The van der Waals surface area contributed by atoms with Crippen molar-refractivity contribution in [3.8, 4) is 11.5 Å². The van der Waals surface area contributed by atoms with Crippen molar-refractivity contribution in [2.24, 2.45) is 0 Å². The van der Waals surface area contributed by atoms with Gasteiger partial charge in [-0.2, -0.15) is 0 Å². The van der Waals surface area contributed by atoms with Crippen LogP contribution in [0.4, 0.5) is 8.78 Å². The van der Waals surface area contributed by atoms with E-state index in [4.69, 9.17) is 0 Å². The van der Waals surface area contributed by atoms with Crippen LogP contribution in [0.25, 0.3) is 0 Å². The third-order valence-corrected chi connectivity index (χ3v) is 6.04. The van der Waals surface area contributed by atoms with Crippen LogP contribution in [-0.4, -0.2) is 61.1 Å². The number of carbonyl (C=O) groups excluding carboxylic acids is 2. The van der Waals surface area contributed by atoms with Gasteiger partial charge >= 0.3 is 6.29 Å². The molecule has 2 heterocycles. The summed E-state index contributed by atoms with van der Waals surface area (Å²) in [4.78, 5) is 29.2. The first-order valence-corrected chi connectivity index (χ1v) is 11.1. The van der Waals surface area contributed by atoms with Crippen LogP contribution in [0.3, 0.4) is 0 Å². The van der Waals surface area contributed by atoms with Gasteiger partial charge in [0.05, 0.1) is 5.70 Å². The van der Waals surface area contributed by atoms with Crippen molar-refractivity contribution in [1.29, 1.82) is 0 Å². The minimum Gasteiger partial charge on any atom is -0.395 e. The smallest absolute Gasteiger partial charge is 0.395 e. The highest BCUT2D eigenvalue weighted by molar-refractivity contribution is 5.95. The second-order valence-corrected chi connectivity index (χ2v) is 8.43. The van der Waals surface area contributed by atoms with Gasteiger partial charge in [-0.15, -0.1) is 8.78 Å². The number of hydrogen-bond acceptors (Lipinski definition) is 5. The fraction of sp³-hybridized carbons (Fsp3) is 0.360. The van der Waals surface area contributed by atoms with E-state index < -0.39 is 6.29 Å². The van der Waals surface area contributed by atoms with Gasteiger partial charge in [-0.05, 0) is 43.0 Å². The maximum atomic E-state index is 13.4. The summed E-state index contributed by atoms with van der Waals surface area (Å²) in [5.41, 5.74) is 1.91. The number of hydrogen-bond donors (Lipinski definition) is 1. The summed E-state index contributed by atoms with van der Waals surface area (Å²) in [5, 5.41) is 2.94. The average molecular weight is 472 g/mol. The molecule has 0 fully saturated rings. The van der Waals surface area contributed by atoms with Crippen LogP contribution in [0.1, 0.15) is 28.8 Å². The normalized spacial score (nSPS) is 16.7. The Hall–Kier alpha value is -3.62. The molecule has 0 saturated heterocycles. The highest BCUT2D eigenvalue weighted by atomic mass is 19.3. The van der Waals surface area contributed by atoms with E-state index in [0.717, 1.165) is 18.5 Å². The molecule has 4 rings (SSSR count). The van der Waals surface area contributed by atoms with E-state index in [1.54, 1.807) is 11.9 Å². The number of alkyl halides is 2. The summed E-state index contributed by atoms with van der Waals surface area (Å²) in [6.07, 6.45) is 0.101. The summed E-state index contributed by atoms with van der Waals surface area (Å²) in [7, 11) is 3.55. The number of carbonyl (C=O) groups is 2. The first-order valence-electron chi connectivity index (χ1n) is 11.1. The van der Waals surface area contributed by atoms with Crippen LogP contribution in [0.15, 0.2) is 60.3 Å². The fourth-order valence-electron chi connectivity index (χ4n) is 4.15. The molecule has 2 aromatic carbocycles. The molecule has 0 spiro atoms. The largest absolute Gasteiger partial charge is 0.586 e. The van der Waals surface area contributed by atoms with Crippen molar-refractivity contribution in [2.75, 3.05) is 27.2 Å². The monoisotopic (exact) mass is 471 g/mol. The molecule has 0 radical (unpaired) electrons. The highest BCUT2D eigenvalue weighted by Gasteiger charge is 2.43. The van der Waals surface area contributed by atoms with Crippen LogP contribution in [0.2, 0.25) is 0 Å². The lowest BCUT2D eigenvalue weighted by molar-refractivity contribution is -0.286. The van der Waals surface area contributed by atoms with Crippen molar-refractivity contribution >= 4 is 11.8 Å². The minimum absolute atomic E-state index is 0.112. The highest BCUT2D eigenvalue weighted by Crippen LogP contribution is 2.41. The first-order chi connectivity index (χ1) is 16.2. The second-order valence-electron chi connectivity index (χ2n) is 8.43. The molecule has 34 heavy (non-hydrogen) atoms. The van der Waals surface area contributed by atoms with Crippen molar-refractivity contribution in [3.63, 3.8) is 0 Å². The number of halogens is 2. The lowest BCUT2D eigenvalue weighted by Gasteiger charge is -2.29. The lowest BCUT2D eigenvalue weighted by atomic mass is 10.0. The Labute approximate surface area is 196 Å². The number of likely N-dealkylation sites (N-methyl/N-ethyl adjacent to an activating group) is 2. The third kappa shape index (κ3) is 5.30. The van der Waals surface area contributed by atoms with E-state index in [2.05, 4.69) is 14.8 Å². The van der Waals surface area contributed by atoms with Gasteiger partial charge in [-0.25, -0.2) is 0 Å². The van der Waals surface area contributed by atoms with Gasteiger partial charge in [-0.3, -0.25) is 9.59 Å². The number of nitrogens with zero attached hydrogens (tertiary/aromatic N) is 2. The van der Waals surface area contributed by atoms with E-state index in [1.807, 2.05) is 48.4 Å². The van der Waals surface area contributed by atoms with Crippen LogP contribution in [0, 0.1) is 0 Å². The SMILES string of the molecule is CN1CCC=C1C(=O)NCC[C@H](Cc1ccccc1)N(C)C(=O)c1ccc2c(c1)OC(F)(F)O2. The standard InChI is InChI=1S/C25H27F2N3O4/c1-29-14-6-9-20(29)23(31)28-13-12-19(15-17-7-4-3-5-8-17)30(2)24(32)18-10-11-21-22(16-18)34-25(26,27)33-21/h3-5,7-11,16,19H,6,12-15H2,1-2H3,(H,28,31)/t19-/m1/s1. The molecule has 0 saturated carbocycles. The maximum absolute atomic E-state index is 13.4. The van der Waals surface area contributed by atoms with Crippen molar-refractivity contribution in [3.05, 3.63) is 71.4 Å². The molecule has 0 aliphatic carbocycles. The summed E-state index contributed by atoms with van der Waals surface area (Å²) < 4.78 is 35.6. The lowest BCUT2D eigenvalue weighted by Crippen LogP contribution is -2.41. The number of benzene rings is 2. The summed E-state index contributed by atoms with van der Waals surface area (Å²) in [5.74, 6) is -0.764. The summed E-state index contributed by atoms with van der Waals surface area (Å²) in [6.45, 7) is 1.20. The van der Waals surface area contributed by atoms with Gasteiger partial charge in [0.15, 0.2) is 11.5 Å². The van der Waals surface area contributed by atoms with Crippen LogP contribution < -0.4 is 14.8 Å². The molecular weight excluding hydrogens is 444 g/mol. The number of ether oxygens (including phenoxy) is 2. The van der Waals surface area contributed by atoms with Crippen molar-refractivity contribution in [1.82, 2.24) is 15.1 Å². The molecule has 0 aromatic heterocycles. The van der Waals surface area contributed by atoms with E-state index in [0.29, 0.717) is 25.1 Å². The fourth-order valence-corrected chi connectivity index (χ4v) is 4.15. The quantitative estimate of drug-likeness (QED) is 0.639. The van der Waals surface area contributed by atoms with Gasteiger partial charge in [0.25, 0.3) is 11.8 Å². The van der Waals surface area contributed by atoms with Crippen molar-refractivity contribution < 1.29 is 27.8 Å². The zero-order valence-electron chi connectivity index (χ0n) is 19.1. The predicted octanol–water partition coefficient (Wildman–Crippen LogP) is 3.42. The molecule has 2 amide bonds. The molecule has 2 aromatic rings. The van der Waals surface area contributed by atoms with Crippen LogP contribution >= 0.6 is 0 Å². The summed E-state index contributed by atoms with van der Waals surface area (Å²) in [6, 6.07) is 13.5. The molecule has 0 unspecified atom stereocenters. The Balaban J connectivity index is 1.45.